The van der Waals surface area contributed by atoms with Gasteiger partial charge in [-0.25, -0.2) is 13.2 Å². The maximum Gasteiger partial charge on any atom is 0.126 e. The van der Waals surface area contributed by atoms with Crippen LogP contribution >= 0.6 is 0 Å². The number of rotatable bonds is 2. The lowest BCUT2D eigenvalue weighted by Crippen LogP contribution is -2.39. The molecule has 0 aliphatic rings. The van der Waals surface area contributed by atoms with Gasteiger partial charge in [0.05, 0.1) is 8.07 Å². The van der Waals surface area contributed by atoms with Crippen LogP contribution in [0.25, 0.3) is 11.1 Å². The van der Waals surface area contributed by atoms with Crippen LogP contribution < -0.4 is 5.19 Å². The van der Waals surface area contributed by atoms with Crippen LogP contribution in [-0.4, -0.2) is 8.07 Å². The van der Waals surface area contributed by atoms with Crippen LogP contribution in [0.1, 0.15) is 0 Å². The minimum atomic E-state index is -1.75. The van der Waals surface area contributed by atoms with Gasteiger partial charge in [0.1, 0.15) is 17.5 Å². The van der Waals surface area contributed by atoms with Gasteiger partial charge in [0.2, 0.25) is 0 Å². The van der Waals surface area contributed by atoms with Gasteiger partial charge >= 0.3 is 0 Å². The van der Waals surface area contributed by atoms with Crippen molar-refractivity contribution in [1.82, 2.24) is 0 Å². The molecule has 100 valence electrons. The molecule has 0 aliphatic carbocycles. The highest BCUT2D eigenvalue weighted by Crippen LogP contribution is 2.22. The van der Waals surface area contributed by atoms with E-state index in [1.54, 1.807) is 12.1 Å². The van der Waals surface area contributed by atoms with Gasteiger partial charge < -0.3 is 0 Å². The van der Waals surface area contributed by atoms with Gasteiger partial charge in [-0.05, 0) is 34.5 Å². The van der Waals surface area contributed by atoms with Crippen molar-refractivity contribution in [2.24, 2.45) is 0 Å². The third-order valence-corrected chi connectivity index (χ3v) is 4.99. The monoisotopic (exact) mass is 280 g/mol. The smallest absolute Gasteiger partial charge is 0.126 e. The summed E-state index contributed by atoms with van der Waals surface area (Å²) < 4.78 is 40.4. The maximum absolute atomic E-state index is 14.1. The van der Waals surface area contributed by atoms with E-state index >= 15 is 0 Å². The van der Waals surface area contributed by atoms with E-state index in [-0.39, 0.29) is 5.82 Å². The summed E-state index contributed by atoms with van der Waals surface area (Å²) in [6.07, 6.45) is 0. The fraction of sp³-hybridized carbons (Fsp3) is 0.200. The summed E-state index contributed by atoms with van der Waals surface area (Å²) in [7, 11) is -1.75. The van der Waals surface area contributed by atoms with Crippen molar-refractivity contribution < 1.29 is 13.2 Å². The Kier molecular flexibility index (Phi) is 3.54. The van der Waals surface area contributed by atoms with Crippen molar-refractivity contribution in [3.05, 3.63) is 53.8 Å². The highest BCUT2D eigenvalue weighted by atomic mass is 28.3. The van der Waals surface area contributed by atoms with Gasteiger partial charge in [0, 0.05) is 6.07 Å². The van der Waals surface area contributed by atoms with E-state index in [9.17, 15) is 13.2 Å². The molecule has 0 fully saturated rings. The van der Waals surface area contributed by atoms with E-state index in [0.29, 0.717) is 16.3 Å². The Hall–Kier alpha value is -1.55. The van der Waals surface area contributed by atoms with Crippen molar-refractivity contribution in [3.8, 4) is 11.1 Å². The van der Waals surface area contributed by atoms with E-state index < -0.39 is 19.7 Å². The lowest BCUT2D eigenvalue weighted by atomic mass is 10.1. The first kappa shape index (κ1) is 13.9. The first-order valence-corrected chi connectivity index (χ1v) is 9.54. The minimum Gasteiger partial charge on any atom is -0.207 e. The first-order valence-electron chi connectivity index (χ1n) is 6.04. The van der Waals surface area contributed by atoms with Crippen molar-refractivity contribution in [3.63, 3.8) is 0 Å². The second-order valence-electron chi connectivity index (χ2n) is 5.60. The molecule has 0 unspecified atom stereocenters. The average Bonchev–Trinajstić information content (AvgIpc) is 2.25. The third-order valence-electron chi connectivity index (χ3n) is 2.97. The van der Waals surface area contributed by atoms with Gasteiger partial charge in [-0.15, -0.1) is 0 Å². The molecule has 0 saturated carbocycles. The van der Waals surface area contributed by atoms with Gasteiger partial charge in [0.25, 0.3) is 0 Å². The van der Waals surface area contributed by atoms with E-state index in [1.807, 2.05) is 19.6 Å². The third kappa shape index (κ3) is 3.07. The molecule has 0 nitrogen and oxygen atoms in total. The number of hydrogen-bond acceptors (Lipinski definition) is 0. The van der Waals surface area contributed by atoms with Crippen LogP contribution in [0.5, 0.6) is 0 Å². The Bertz CT molecular complexity index is 595. The van der Waals surface area contributed by atoms with E-state index in [2.05, 4.69) is 0 Å². The fourth-order valence-electron chi connectivity index (χ4n) is 2.02. The molecular formula is C15H15F3Si. The van der Waals surface area contributed by atoms with Crippen molar-refractivity contribution in [2.45, 2.75) is 19.6 Å². The van der Waals surface area contributed by atoms with Crippen LogP contribution in [0.4, 0.5) is 13.2 Å². The van der Waals surface area contributed by atoms with Gasteiger partial charge in [-0.3, -0.25) is 0 Å². The highest BCUT2D eigenvalue weighted by Gasteiger charge is 2.20. The van der Waals surface area contributed by atoms with Crippen LogP contribution in [0.15, 0.2) is 36.4 Å². The fourth-order valence-corrected chi connectivity index (χ4v) is 3.40. The molecule has 0 aliphatic heterocycles. The Morgan fingerprint density at radius 1 is 0.737 bits per heavy atom. The lowest BCUT2D eigenvalue weighted by molar-refractivity contribution is 0.584. The quantitative estimate of drug-likeness (QED) is 0.719. The Morgan fingerprint density at radius 2 is 1.32 bits per heavy atom. The summed E-state index contributed by atoms with van der Waals surface area (Å²) in [5, 5.41) is 0.716. The van der Waals surface area contributed by atoms with Gasteiger partial charge in [0.15, 0.2) is 0 Å². The van der Waals surface area contributed by atoms with E-state index in [4.69, 9.17) is 0 Å². The molecule has 0 bridgehead atoms. The Labute approximate surface area is 111 Å². The molecule has 0 spiro atoms. The molecule has 0 radical (unpaired) electrons. The van der Waals surface area contributed by atoms with Crippen LogP contribution in [0, 0.1) is 17.5 Å². The normalized spacial score (nSPS) is 11.7. The molecule has 19 heavy (non-hydrogen) atoms. The van der Waals surface area contributed by atoms with Crippen molar-refractivity contribution in [2.75, 3.05) is 0 Å². The number of benzene rings is 2. The standard InChI is InChI=1S/C15H15F3Si/c1-19(2,3)15-5-4-10(8-14(15)18)11-6-12(16)9-13(17)7-11/h4-9H,1-3H3. The summed E-state index contributed by atoms with van der Waals surface area (Å²) in [6.45, 7) is 6.15. The second-order valence-corrected chi connectivity index (χ2v) is 10.6. The molecule has 0 saturated heterocycles. The molecule has 2 rings (SSSR count). The summed E-state index contributed by atoms with van der Waals surface area (Å²) in [6, 6.07) is 7.99. The zero-order valence-electron chi connectivity index (χ0n) is 11.1. The maximum atomic E-state index is 14.1. The molecular weight excluding hydrogens is 265 g/mol. The average molecular weight is 280 g/mol. The van der Waals surface area contributed by atoms with Gasteiger partial charge in [-0.2, -0.15) is 0 Å². The first-order chi connectivity index (χ1) is 8.77. The Morgan fingerprint density at radius 3 is 1.79 bits per heavy atom. The summed E-state index contributed by atoms with van der Waals surface area (Å²) >= 11 is 0. The second kappa shape index (κ2) is 4.85. The summed E-state index contributed by atoms with van der Waals surface area (Å²) in [5.41, 5.74) is 0.830. The zero-order chi connectivity index (χ0) is 14.2. The van der Waals surface area contributed by atoms with Crippen molar-refractivity contribution in [1.29, 1.82) is 0 Å². The number of halogens is 3. The molecule has 0 N–H and O–H groups in total. The molecule has 2 aromatic rings. The van der Waals surface area contributed by atoms with Crippen molar-refractivity contribution >= 4 is 13.3 Å². The summed E-state index contributed by atoms with van der Waals surface area (Å²) in [4.78, 5) is 0. The molecule has 0 atom stereocenters. The molecule has 2 aromatic carbocycles. The molecule has 4 heteroatoms. The predicted molar refractivity (Wildman–Crippen MR) is 74.7 cm³/mol. The van der Waals surface area contributed by atoms with Gasteiger partial charge in [-0.1, -0.05) is 31.8 Å². The van der Waals surface area contributed by atoms with Crippen LogP contribution in [0.3, 0.4) is 0 Å². The highest BCUT2D eigenvalue weighted by molar-refractivity contribution is 6.88. The zero-order valence-corrected chi connectivity index (χ0v) is 12.1. The van der Waals surface area contributed by atoms with Crippen LogP contribution in [0.2, 0.25) is 19.6 Å². The lowest BCUT2D eigenvalue weighted by Gasteiger charge is -2.18. The van der Waals surface area contributed by atoms with Crippen LogP contribution in [-0.2, 0) is 0 Å². The minimum absolute atomic E-state index is 0.304. The topological polar surface area (TPSA) is 0 Å². The largest absolute Gasteiger partial charge is 0.207 e. The molecule has 0 heterocycles. The van der Waals surface area contributed by atoms with E-state index in [0.717, 1.165) is 6.07 Å². The number of hydrogen-bond donors (Lipinski definition) is 0. The predicted octanol–water partition coefficient (Wildman–Crippen LogP) is 4.32. The Balaban J connectivity index is 2.50. The molecule has 0 aromatic heterocycles. The van der Waals surface area contributed by atoms with E-state index in [1.165, 1.54) is 18.2 Å². The molecule has 0 amide bonds. The summed E-state index contributed by atoms with van der Waals surface area (Å²) in [5.74, 6) is -1.63. The SMILES string of the molecule is C[Si](C)(C)c1ccc(-c2cc(F)cc(F)c2)cc1F.